The summed E-state index contributed by atoms with van der Waals surface area (Å²) in [5, 5.41) is 3.31. The van der Waals surface area contributed by atoms with Gasteiger partial charge in [-0.05, 0) is 26.5 Å². The minimum Gasteiger partial charge on any atom is -0.322 e. The maximum atomic E-state index is 11.8. The van der Waals surface area contributed by atoms with Crippen molar-refractivity contribution in [2.24, 2.45) is 0 Å². The highest BCUT2D eigenvalue weighted by atomic mass is 32.2. The maximum absolute atomic E-state index is 11.8. The Bertz CT molecular complexity index is 210. The fraction of sp³-hybridized carbons (Fsp3) is 0.900. The Hall–Kier alpha value is -0.220. The lowest BCUT2D eigenvalue weighted by molar-refractivity contribution is -0.131. The molecule has 1 fully saturated rings. The third-order valence-electron chi connectivity index (χ3n) is 2.67. The molecule has 0 aromatic rings. The summed E-state index contributed by atoms with van der Waals surface area (Å²) in [6.07, 6.45) is 3.29. The molecule has 0 saturated carbocycles. The minimum absolute atomic E-state index is 0.00995. The molecule has 0 aromatic carbocycles. The molecule has 1 heterocycles. The molecule has 14 heavy (non-hydrogen) atoms. The highest BCUT2D eigenvalue weighted by molar-refractivity contribution is 7.98. The molecule has 0 aromatic heterocycles. The van der Waals surface area contributed by atoms with Crippen molar-refractivity contribution in [1.82, 2.24) is 10.2 Å². The topological polar surface area (TPSA) is 32.3 Å². The van der Waals surface area contributed by atoms with Crippen molar-refractivity contribution in [2.45, 2.75) is 45.4 Å². The monoisotopic (exact) mass is 216 g/mol. The van der Waals surface area contributed by atoms with E-state index in [1.165, 1.54) is 0 Å². The molecule has 3 nitrogen and oxygen atoms in total. The summed E-state index contributed by atoms with van der Waals surface area (Å²) >= 11 is 1.79. The molecule has 0 bridgehead atoms. The average Bonchev–Trinajstić information content (AvgIpc) is 2.43. The summed E-state index contributed by atoms with van der Waals surface area (Å²) in [5.74, 6) is 1.26. The van der Waals surface area contributed by atoms with Crippen LogP contribution in [0.3, 0.4) is 0 Å². The van der Waals surface area contributed by atoms with Crippen LogP contribution < -0.4 is 5.32 Å². The zero-order valence-corrected chi connectivity index (χ0v) is 10.2. The molecule has 1 amide bonds. The summed E-state index contributed by atoms with van der Waals surface area (Å²) in [4.78, 5) is 13.8. The van der Waals surface area contributed by atoms with E-state index in [-0.39, 0.29) is 18.1 Å². The number of hydrogen-bond acceptors (Lipinski definition) is 3. The summed E-state index contributed by atoms with van der Waals surface area (Å²) in [5.41, 5.74) is 0. The van der Waals surface area contributed by atoms with Crippen molar-refractivity contribution in [2.75, 3.05) is 12.0 Å². The lowest BCUT2D eigenvalue weighted by Crippen LogP contribution is -2.44. The Morgan fingerprint density at radius 1 is 1.64 bits per heavy atom. The fourth-order valence-electron chi connectivity index (χ4n) is 1.98. The quantitative estimate of drug-likeness (QED) is 0.768. The van der Waals surface area contributed by atoms with Crippen LogP contribution in [0, 0.1) is 0 Å². The predicted molar refractivity (Wildman–Crippen MR) is 61.4 cm³/mol. The largest absolute Gasteiger partial charge is 0.322 e. The summed E-state index contributed by atoms with van der Waals surface area (Å²) in [7, 11) is 0. The normalized spacial score (nSPS) is 29.7. The van der Waals surface area contributed by atoms with E-state index in [1.807, 2.05) is 11.8 Å². The van der Waals surface area contributed by atoms with E-state index >= 15 is 0 Å². The van der Waals surface area contributed by atoms with Crippen LogP contribution in [0.1, 0.15) is 27.2 Å². The van der Waals surface area contributed by atoms with Gasteiger partial charge in [0.2, 0.25) is 5.91 Å². The third kappa shape index (κ3) is 2.23. The first-order valence-corrected chi connectivity index (χ1v) is 6.58. The van der Waals surface area contributed by atoms with Crippen LogP contribution in [0.4, 0.5) is 0 Å². The smallest absolute Gasteiger partial charge is 0.240 e. The van der Waals surface area contributed by atoms with Crippen LogP contribution in [-0.4, -0.2) is 41.1 Å². The molecule has 0 spiro atoms. The fourth-order valence-corrected chi connectivity index (χ4v) is 2.62. The van der Waals surface area contributed by atoms with Crippen molar-refractivity contribution >= 4 is 17.7 Å². The minimum atomic E-state index is -0.00995. The van der Waals surface area contributed by atoms with Crippen LogP contribution in [-0.2, 0) is 4.79 Å². The number of nitrogens with one attached hydrogen (secondary N) is 1. The number of amides is 1. The van der Waals surface area contributed by atoms with E-state index in [2.05, 4.69) is 25.4 Å². The van der Waals surface area contributed by atoms with Crippen LogP contribution >= 0.6 is 11.8 Å². The molecule has 3 atom stereocenters. The van der Waals surface area contributed by atoms with Gasteiger partial charge in [-0.2, -0.15) is 11.8 Å². The predicted octanol–water partition coefficient (Wildman–Crippen LogP) is 1.29. The van der Waals surface area contributed by atoms with E-state index in [1.54, 1.807) is 11.8 Å². The van der Waals surface area contributed by atoms with E-state index in [0.29, 0.717) is 6.04 Å². The van der Waals surface area contributed by atoms with Crippen LogP contribution in [0.2, 0.25) is 0 Å². The summed E-state index contributed by atoms with van der Waals surface area (Å²) in [6, 6.07) is 0.323. The standard InChI is InChI=1S/C10H20N2OS/c1-5-9-11-8(3)10(13)12(9)7(2)6-14-4/h7-9,11H,5-6H2,1-4H3. The molecule has 1 N–H and O–H groups in total. The van der Waals surface area contributed by atoms with E-state index in [0.717, 1.165) is 12.2 Å². The van der Waals surface area contributed by atoms with Gasteiger partial charge in [0.15, 0.2) is 0 Å². The van der Waals surface area contributed by atoms with Crippen LogP contribution in [0.25, 0.3) is 0 Å². The van der Waals surface area contributed by atoms with Gasteiger partial charge in [0.05, 0.1) is 12.2 Å². The van der Waals surface area contributed by atoms with Gasteiger partial charge in [-0.3, -0.25) is 10.1 Å². The highest BCUT2D eigenvalue weighted by Crippen LogP contribution is 2.18. The molecule has 3 unspecified atom stereocenters. The van der Waals surface area contributed by atoms with Crippen molar-refractivity contribution in [3.63, 3.8) is 0 Å². The first kappa shape index (κ1) is 11.9. The second-order valence-electron chi connectivity index (χ2n) is 3.86. The Kier molecular flexibility index (Phi) is 4.26. The third-order valence-corrected chi connectivity index (χ3v) is 3.49. The lowest BCUT2D eigenvalue weighted by Gasteiger charge is -2.29. The SMILES string of the molecule is CCC1NC(C)C(=O)N1C(C)CSC. The van der Waals surface area contributed by atoms with Gasteiger partial charge in [0.25, 0.3) is 0 Å². The van der Waals surface area contributed by atoms with E-state index < -0.39 is 0 Å². The molecule has 0 aliphatic carbocycles. The zero-order valence-electron chi connectivity index (χ0n) is 9.41. The molecule has 82 valence electrons. The second kappa shape index (κ2) is 5.03. The second-order valence-corrected chi connectivity index (χ2v) is 4.77. The van der Waals surface area contributed by atoms with Crippen LogP contribution in [0.15, 0.2) is 0 Å². The molecular formula is C10H20N2OS. The molecule has 1 saturated heterocycles. The number of thioether (sulfide) groups is 1. The Morgan fingerprint density at radius 3 is 2.79 bits per heavy atom. The van der Waals surface area contributed by atoms with Crippen LogP contribution in [0.5, 0.6) is 0 Å². The van der Waals surface area contributed by atoms with E-state index in [4.69, 9.17) is 0 Å². The summed E-state index contributed by atoms with van der Waals surface area (Å²) < 4.78 is 0. The van der Waals surface area contributed by atoms with Gasteiger partial charge >= 0.3 is 0 Å². The Morgan fingerprint density at radius 2 is 2.29 bits per heavy atom. The molecular weight excluding hydrogens is 196 g/mol. The molecule has 1 rings (SSSR count). The first-order chi connectivity index (χ1) is 6.61. The van der Waals surface area contributed by atoms with Gasteiger partial charge in [-0.1, -0.05) is 6.92 Å². The summed E-state index contributed by atoms with van der Waals surface area (Å²) in [6.45, 7) is 6.18. The first-order valence-electron chi connectivity index (χ1n) is 5.19. The molecule has 0 radical (unpaired) electrons. The molecule has 1 aliphatic rings. The van der Waals surface area contributed by atoms with Gasteiger partial charge in [0.1, 0.15) is 0 Å². The Labute approximate surface area is 90.6 Å². The van der Waals surface area contributed by atoms with Crippen molar-refractivity contribution in [3.05, 3.63) is 0 Å². The number of carbonyl (C=O) groups is 1. The Balaban J connectivity index is 2.68. The zero-order chi connectivity index (χ0) is 10.7. The van der Waals surface area contributed by atoms with Crippen molar-refractivity contribution < 1.29 is 4.79 Å². The number of hydrogen-bond donors (Lipinski definition) is 1. The molecule has 4 heteroatoms. The van der Waals surface area contributed by atoms with Gasteiger partial charge in [-0.25, -0.2) is 0 Å². The van der Waals surface area contributed by atoms with Gasteiger partial charge < -0.3 is 4.90 Å². The van der Waals surface area contributed by atoms with E-state index in [9.17, 15) is 4.79 Å². The van der Waals surface area contributed by atoms with Gasteiger partial charge in [0, 0.05) is 11.8 Å². The van der Waals surface area contributed by atoms with Gasteiger partial charge in [-0.15, -0.1) is 0 Å². The molecule has 1 aliphatic heterocycles. The van der Waals surface area contributed by atoms with Crippen molar-refractivity contribution in [3.8, 4) is 0 Å². The average molecular weight is 216 g/mol. The van der Waals surface area contributed by atoms with Crippen molar-refractivity contribution in [1.29, 1.82) is 0 Å². The lowest BCUT2D eigenvalue weighted by atomic mass is 10.2. The maximum Gasteiger partial charge on any atom is 0.240 e. The number of rotatable bonds is 4. The number of nitrogens with zero attached hydrogens (tertiary/aromatic N) is 1. The highest BCUT2D eigenvalue weighted by Gasteiger charge is 2.37. The number of carbonyl (C=O) groups excluding carboxylic acids is 1.